The van der Waals surface area contributed by atoms with Crippen molar-refractivity contribution in [3.63, 3.8) is 0 Å². The maximum Gasteiger partial charge on any atom is 0.328 e. The van der Waals surface area contributed by atoms with Crippen molar-refractivity contribution < 1.29 is 19.4 Å². The molecular weight excluding hydrogens is 224 g/mol. The molecule has 1 aliphatic rings. The number of carbonyl (C=O) groups is 2. The van der Waals surface area contributed by atoms with Crippen molar-refractivity contribution in [3.05, 3.63) is 12.2 Å². The Morgan fingerprint density at radius 3 is 2.71 bits per heavy atom. The van der Waals surface area contributed by atoms with Gasteiger partial charge in [-0.1, -0.05) is 6.08 Å². The van der Waals surface area contributed by atoms with Crippen molar-refractivity contribution in [2.75, 3.05) is 32.8 Å². The summed E-state index contributed by atoms with van der Waals surface area (Å²) in [7, 11) is 0. The zero-order chi connectivity index (χ0) is 12.7. The molecule has 0 radical (unpaired) electrons. The highest BCUT2D eigenvalue weighted by molar-refractivity contribution is 5.81. The standard InChI is InChI=1S/C11H18N2O4/c1-9(12-4-2-3-10(14)15)11(16)13-5-7-17-8-6-13/h2-3,9,12H,4-8H2,1H3,(H,14,15)/b3-2+. The minimum Gasteiger partial charge on any atom is -0.478 e. The predicted molar refractivity (Wildman–Crippen MR) is 61.6 cm³/mol. The van der Waals surface area contributed by atoms with Crippen LogP contribution in [-0.2, 0) is 14.3 Å². The van der Waals surface area contributed by atoms with Crippen LogP contribution in [0, 0.1) is 0 Å². The Morgan fingerprint density at radius 2 is 2.12 bits per heavy atom. The lowest BCUT2D eigenvalue weighted by Gasteiger charge is -2.29. The molecule has 6 heteroatoms. The fourth-order valence-corrected chi connectivity index (χ4v) is 1.55. The third-order valence-electron chi connectivity index (χ3n) is 2.50. The highest BCUT2D eigenvalue weighted by atomic mass is 16.5. The molecule has 96 valence electrons. The van der Waals surface area contributed by atoms with Crippen LogP contribution in [0.25, 0.3) is 0 Å². The normalized spacial score (nSPS) is 18.3. The third-order valence-corrected chi connectivity index (χ3v) is 2.50. The van der Waals surface area contributed by atoms with Crippen molar-refractivity contribution in [1.29, 1.82) is 0 Å². The molecule has 0 aromatic heterocycles. The van der Waals surface area contributed by atoms with Crippen LogP contribution < -0.4 is 5.32 Å². The quantitative estimate of drug-likeness (QED) is 0.633. The Bertz CT molecular complexity index is 298. The number of carboxylic acids is 1. The van der Waals surface area contributed by atoms with Gasteiger partial charge in [-0.15, -0.1) is 0 Å². The van der Waals surface area contributed by atoms with E-state index in [4.69, 9.17) is 9.84 Å². The molecule has 1 fully saturated rings. The number of rotatable bonds is 5. The first-order valence-electron chi connectivity index (χ1n) is 5.60. The van der Waals surface area contributed by atoms with Crippen molar-refractivity contribution in [2.45, 2.75) is 13.0 Å². The van der Waals surface area contributed by atoms with Gasteiger partial charge in [-0.05, 0) is 6.92 Å². The Hall–Kier alpha value is -1.40. The van der Waals surface area contributed by atoms with Gasteiger partial charge in [0.15, 0.2) is 0 Å². The van der Waals surface area contributed by atoms with Gasteiger partial charge in [-0.3, -0.25) is 4.79 Å². The summed E-state index contributed by atoms with van der Waals surface area (Å²) in [6.07, 6.45) is 2.53. The summed E-state index contributed by atoms with van der Waals surface area (Å²) in [6.45, 7) is 4.54. The maximum atomic E-state index is 11.9. The van der Waals surface area contributed by atoms with Crippen molar-refractivity contribution in [1.82, 2.24) is 10.2 Å². The van der Waals surface area contributed by atoms with E-state index in [1.54, 1.807) is 11.8 Å². The average molecular weight is 242 g/mol. The van der Waals surface area contributed by atoms with Gasteiger partial charge in [-0.25, -0.2) is 4.79 Å². The molecule has 2 N–H and O–H groups in total. The summed E-state index contributed by atoms with van der Waals surface area (Å²) < 4.78 is 5.16. The fraction of sp³-hybridized carbons (Fsp3) is 0.636. The minimum absolute atomic E-state index is 0.0250. The molecule has 1 saturated heterocycles. The summed E-state index contributed by atoms with van der Waals surface area (Å²) in [5.74, 6) is -0.962. The molecule has 1 aliphatic heterocycles. The second kappa shape index (κ2) is 7.03. The lowest BCUT2D eigenvalue weighted by molar-refractivity contribution is -0.137. The van der Waals surface area contributed by atoms with Crippen molar-refractivity contribution in [3.8, 4) is 0 Å². The van der Waals surface area contributed by atoms with Gasteiger partial charge in [0.25, 0.3) is 0 Å². The molecule has 6 nitrogen and oxygen atoms in total. The van der Waals surface area contributed by atoms with Crippen LogP contribution in [0.3, 0.4) is 0 Å². The molecule has 1 amide bonds. The molecular formula is C11H18N2O4. The summed E-state index contributed by atoms with van der Waals surface area (Å²) in [5.41, 5.74) is 0. The lowest BCUT2D eigenvalue weighted by Crippen LogP contribution is -2.49. The number of hydrogen-bond donors (Lipinski definition) is 2. The predicted octanol–water partition coefficient (Wildman–Crippen LogP) is -0.536. The fourth-order valence-electron chi connectivity index (χ4n) is 1.55. The minimum atomic E-state index is -0.987. The van der Waals surface area contributed by atoms with Crippen LogP contribution in [0.2, 0.25) is 0 Å². The van der Waals surface area contributed by atoms with Crippen LogP contribution in [0.4, 0.5) is 0 Å². The largest absolute Gasteiger partial charge is 0.478 e. The summed E-state index contributed by atoms with van der Waals surface area (Å²) >= 11 is 0. The van der Waals surface area contributed by atoms with E-state index in [-0.39, 0.29) is 11.9 Å². The van der Waals surface area contributed by atoms with Gasteiger partial charge in [0, 0.05) is 25.7 Å². The first kappa shape index (κ1) is 13.7. The molecule has 0 aromatic rings. The number of hydrogen-bond acceptors (Lipinski definition) is 4. The van der Waals surface area contributed by atoms with Crippen molar-refractivity contribution >= 4 is 11.9 Å². The number of nitrogens with zero attached hydrogens (tertiary/aromatic N) is 1. The van der Waals surface area contributed by atoms with Crippen LogP contribution in [0.5, 0.6) is 0 Å². The van der Waals surface area contributed by atoms with Gasteiger partial charge in [0.2, 0.25) is 5.91 Å². The molecule has 17 heavy (non-hydrogen) atoms. The number of amides is 1. The molecule has 1 heterocycles. The maximum absolute atomic E-state index is 11.9. The Balaban J connectivity index is 2.28. The molecule has 0 spiro atoms. The van der Waals surface area contributed by atoms with E-state index in [0.717, 1.165) is 6.08 Å². The Labute approximate surface area is 100 Å². The molecule has 1 unspecified atom stereocenters. The highest BCUT2D eigenvalue weighted by Gasteiger charge is 2.21. The zero-order valence-corrected chi connectivity index (χ0v) is 9.89. The zero-order valence-electron chi connectivity index (χ0n) is 9.89. The van der Waals surface area contributed by atoms with Crippen LogP contribution in [0.15, 0.2) is 12.2 Å². The molecule has 0 saturated carbocycles. The van der Waals surface area contributed by atoms with Gasteiger partial charge in [0.1, 0.15) is 0 Å². The second-order valence-corrected chi connectivity index (χ2v) is 3.81. The molecule has 1 atom stereocenters. The smallest absolute Gasteiger partial charge is 0.328 e. The molecule has 1 rings (SSSR count). The first-order valence-corrected chi connectivity index (χ1v) is 5.60. The monoisotopic (exact) mass is 242 g/mol. The SMILES string of the molecule is CC(NC/C=C/C(=O)O)C(=O)N1CCOCC1. The average Bonchev–Trinajstić information content (AvgIpc) is 2.34. The number of ether oxygens (including phenoxy) is 1. The van der Waals surface area contributed by atoms with E-state index in [2.05, 4.69) is 5.32 Å². The Morgan fingerprint density at radius 1 is 1.47 bits per heavy atom. The summed E-state index contributed by atoms with van der Waals surface area (Å²) in [4.78, 5) is 23.9. The van der Waals surface area contributed by atoms with Gasteiger partial charge >= 0.3 is 5.97 Å². The lowest BCUT2D eigenvalue weighted by atomic mass is 10.2. The number of carbonyl (C=O) groups excluding carboxylic acids is 1. The number of nitrogens with one attached hydrogen (secondary N) is 1. The summed E-state index contributed by atoms with van der Waals surface area (Å²) in [5, 5.41) is 11.3. The number of carboxylic acid groups (broad SMARTS) is 1. The van der Waals surface area contributed by atoms with Gasteiger partial charge in [-0.2, -0.15) is 0 Å². The van der Waals surface area contributed by atoms with Crippen molar-refractivity contribution in [2.24, 2.45) is 0 Å². The van der Waals surface area contributed by atoms with E-state index in [9.17, 15) is 9.59 Å². The van der Waals surface area contributed by atoms with E-state index < -0.39 is 5.97 Å². The molecule has 0 aliphatic carbocycles. The van der Waals surface area contributed by atoms with E-state index in [0.29, 0.717) is 32.8 Å². The van der Waals surface area contributed by atoms with E-state index >= 15 is 0 Å². The Kier molecular flexibility index (Phi) is 5.65. The first-order chi connectivity index (χ1) is 8.11. The topological polar surface area (TPSA) is 78.9 Å². The molecule has 0 aromatic carbocycles. The highest BCUT2D eigenvalue weighted by Crippen LogP contribution is 2.00. The molecule has 0 bridgehead atoms. The van der Waals surface area contributed by atoms with Crippen LogP contribution >= 0.6 is 0 Å². The number of aliphatic carboxylic acids is 1. The van der Waals surface area contributed by atoms with Gasteiger partial charge < -0.3 is 20.1 Å². The van der Waals surface area contributed by atoms with E-state index in [1.165, 1.54) is 6.08 Å². The third kappa shape index (κ3) is 4.97. The number of morpholine rings is 1. The van der Waals surface area contributed by atoms with Crippen LogP contribution in [0.1, 0.15) is 6.92 Å². The van der Waals surface area contributed by atoms with Gasteiger partial charge in [0.05, 0.1) is 19.3 Å². The van der Waals surface area contributed by atoms with Crippen LogP contribution in [-0.4, -0.2) is 60.8 Å². The van der Waals surface area contributed by atoms with E-state index in [1.807, 2.05) is 0 Å². The summed E-state index contributed by atoms with van der Waals surface area (Å²) in [6, 6.07) is -0.313. The second-order valence-electron chi connectivity index (χ2n) is 3.81.